The largest absolute Gasteiger partial charge is 0.192 e. The summed E-state index contributed by atoms with van der Waals surface area (Å²) in [4.78, 5) is 0. The van der Waals surface area contributed by atoms with E-state index < -0.39 is 0 Å². The van der Waals surface area contributed by atoms with Crippen molar-refractivity contribution in [2.24, 2.45) is 0 Å². The average molecular weight is 189 g/mol. The predicted octanol–water partition coefficient (Wildman–Crippen LogP) is 2.89. The molecule has 0 atom stereocenters. The lowest BCUT2D eigenvalue weighted by Gasteiger charge is -1.93. The zero-order chi connectivity index (χ0) is 9.52. The lowest BCUT2D eigenvalue weighted by atomic mass is 10.1. The molecule has 66 valence electrons. The van der Waals surface area contributed by atoms with Gasteiger partial charge in [-0.05, 0) is 29.9 Å². The van der Waals surface area contributed by atoms with Crippen molar-refractivity contribution in [1.82, 2.24) is 0 Å². The van der Waals surface area contributed by atoms with Gasteiger partial charge in [-0.1, -0.05) is 24.3 Å². The van der Waals surface area contributed by atoms with E-state index in [9.17, 15) is 0 Å². The summed E-state index contributed by atoms with van der Waals surface area (Å²) in [7, 11) is 0. The predicted molar refractivity (Wildman–Crippen MR) is 58.7 cm³/mol. The van der Waals surface area contributed by atoms with Gasteiger partial charge in [0, 0.05) is 0 Å². The van der Waals surface area contributed by atoms with Crippen LogP contribution in [0.25, 0.3) is 6.08 Å². The fourth-order valence-corrected chi connectivity index (χ4v) is 1.15. The molecule has 0 aliphatic rings. The minimum Gasteiger partial charge on any atom is -0.192 e. The highest BCUT2D eigenvalue weighted by Crippen LogP contribution is 2.06. The molecule has 0 radical (unpaired) electrons. The number of nitriles is 1. The van der Waals surface area contributed by atoms with Gasteiger partial charge >= 0.3 is 0 Å². The highest BCUT2D eigenvalue weighted by Gasteiger charge is 1.89. The maximum absolute atomic E-state index is 8.65. The second-order valence-electron chi connectivity index (χ2n) is 2.65. The van der Waals surface area contributed by atoms with E-state index in [2.05, 4.69) is 24.8 Å². The van der Waals surface area contributed by atoms with Gasteiger partial charge in [0.1, 0.15) is 0 Å². The van der Waals surface area contributed by atoms with E-state index in [0.29, 0.717) is 5.56 Å². The van der Waals surface area contributed by atoms with Crippen molar-refractivity contribution < 1.29 is 0 Å². The van der Waals surface area contributed by atoms with Crippen molar-refractivity contribution in [3.63, 3.8) is 0 Å². The van der Waals surface area contributed by atoms with Crippen molar-refractivity contribution in [2.75, 3.05) is 5.75 Å². The van der Waals surface area contributed by atoms with Gasteiger partial charge < -0.3 is 0 Å². The normalized spacial score (nSPS) is 10.2. The van der Waals surface area contributed by atoms with Crippen LogP contribution in [0.4, 0.5) is 0 Å². The molecular weight excluding hydrogens is 178 g/mol. The van der Waals surface area contributed by atoms with Crippen LogP contribution in [0.3, 0.4) is 0 Å². The summed E-state index contributed by atoms with van der Waals surface area (Å²) in [5, 5.41) is 8.65. The van der Waals surface area contributed by atoms with Crippen LogP contribution in [0.1, 0.15) is 17.5 Å². The van der Waals surface area contributed by atoms with Gasteiger partial charge in [0.15, 0.2) is 0 Å². The highest BCUT2D eigenvalue weighted by molar-refractivity contribution is 7.80. The molecule has 0 saturated carbocycles. The van der Waals surface area contributed by atoms with Crippen LogP contribution in [-0.4, -0.2) is 5.75 Å². The molecule has 1 aromatic carbocycles. The van der Waals surface area contributed by atoms with Crippen LogP contribution in [0.2, 0.25) is 0 Å². The summed E-state index contributed by atoms with van der Waals surface area (Å²) in [5.74, 6) is 0.856. The maximum Gasteiger partial charge on any atom is 0.0991 e. The van der Waals surface area contributed by atoms with Gasteiger partial charge in [0.05, 0.1) is 11.6 Å². The van der Waals surface area contributed by atoms with Gasteiger partial charge in [0.2, 0.25) is 0 Å². The van der Waals surface area contributed by atoms with Gasteiger partial charge in [0.25, 0.3) is 0 Å². The summed E-state index contributed by atoms with van der Waals surface area (Å²) >= 11 is 4.10. The van der Waals surface area contributed by atoms with Crippen molar-refractivity contribution >= 4 is 18.7 Å². The Morgan fingerprint density at radius 2 is 2.31 bits per heavy atom. The van der Waals surface area contributed by atoms with E-state index in [0.717, 1.165) is 17.7 Å². The van der Waals surface area contributed by atoms with Crippen LogP contribution in [0.5, 0.6) is 0 Å². The standard InChI is InChI=1S/C11H11NS/c12-9-11-6-3-5-10(8-11)4-1-2-7-13/h1,3-6,8,13H,2,7H2. The molecule has 0 bridgehead atoms. The Balaban J connectivity index is 2.73. The van der Waals surface area contributed by atoms with E-state index >= 15 is 0 Å². The number of hydrogen-bond donors (Lipinski definition) is 1. The van der Waals surface area contributed by atoms with Gasteiger partial charge in [-0.3, -0.25) is 0 Å². The summed E-state index contributed by atoms with van der Waals surface area (Å²) in [6.45, 7) is 0. The Labute approximate surface area is 84.1 Å². The number of nitrogens with zero attached hydrogens (tertiary/aromatic N) is 1. The number of hydrogen-bond acceptors (Lipinski definition) is 2. The lowest BCUT2D eigenvalue weighted by molar-refractivity contribution is 1.26. The zero-order valence-electron chi connectivity index (χ0n) is 7.27. The first kappa shape index (κ1) is 9.88. The first-order valence-corrected chi connectivity index (χ1v) is 4.77. The fraction of sp³-hybridized carbons (Fsp3) is 0.182. The molecule has 0 aromatic heterocycles. The quantitative estimate of drug-likeness (QED) is 0.726. The summed E-state index contributed by atoms with van der Waals surface area (Å²) in [6.07, 6.45) is 5.03. The molecule has 1 nitrogen and oxygen atoms in total. The molecule has 0 saturated heterocycles. The molecule has 0 amide bonds. The molecule has 0 aliphatic carbocycles. The van der Waals surface area contributed by atoms with E-state index in [-0.39, 0.29) is 0 Å². The second kappa shape index (κ2) is 5.45. The molecule has 0 heterocycles. The van der Waals surface area contributed by atoms with Crippen LogP contribution in [-0.2, 0) is 0 Å². The van der Waals surface area contributed by atoms with Gasteiger partial charge in [-0.25, -0.2) is 0 Å². The van der Waals surface area contributed by atoms with Crippen LogP contribution in [0, 0.1) is 11.3 Å². The molecule has 1 rings (SSSR count). The third-order valence-electron chi connectivity index (χ3n) is 1.62. The SMILES string of the molecule is N#Cc1cccc(C=CCCS)c1. The number of rotatable bonds is 3. The Morgan fingerprint density at radius 1 is 1.46 bits per heavy atom. The number of thiol groups is 1. The highest BCUT2D eigenvalue weighted by atomic mass is 32.1. The molecular formula is C11H11NS. The molecule has 0 unspecified atom stereocenters. The first-order valence-electron chi connectivity index (χ1n) is 4.14. The van der Waals surface area contributed by atoms with Crippen molar-refractivity contribution in [1.29, 1.82) is 5.26 Å². The van der Waals surface area contributed by atoms with Crippen molar-refractivity contribution in [3.8, 4) is 6.07 Å². The van der Waals surface area contributed by atoms with Gasteiger partial charge in [-0.15, -0.1) is 0 Å². The van der Waals surface area contributed by atoms with E-state index in [1.807, 2.05) is 24.3 Å². The Hall–Kier alpha value is -1.20. The smallest absolute Gasteiger partial charge is 0.0991 e. The third kappa shape index (κ3) is 3.35. The maximum atomic E-state index is 8.65. The number of allylic oxidation sites excluding steroid dienone is 1. The van der Waals surface area contributed by atoms with E-state index in [1.165, 1.54) is 0 Å². The summed E-state index contributed by atoms with van der Waals surface area (Å²) in [5.41, 5.74) is 1.77. The Bertz CT molecular complexity index is 336. The molecule has 2 heteroatoms. The Morgan fingerprint density at radius 3 is 3.00 bits per heavy atom. The van der Waals surface area contributed by atoms with Crippen molar-refractivity contribution in [2.45, 2.75) is 6.42 Å². The van der Waals surface area contributed by atoms with Gasteiger partial charge in [-0.2, -0.15) is 17.9 Å². The summed E-state index contributed by atoms with van der Waals surface area (Å²) < 4.78 is 0. The van der Waals surface area contributed by atoms with Crippen LogP contribution < -0.4 is 0 Å². The minimum absolute atomic E-state index is 0.702. The third-order valence-corrected chi connectivity index (χ3v) is 1.88. The average Bonchev–Trinajstić information content (AvgIpc) is 2.19. The van der Waals surface area contributed by atoms with E-state index in [4.69, 9.17) is 5.26 Å². The molecule has 1 aromatic rings. The first-order chi connectivity index (χ1) is 6.36. The molecule has 0 aliphatic heterocycles. The van der Waals surface area contributed by atoms with Crippen molar-refractivity contribution in [3.05, 3.63) is 41.5 Å². The summed E-state index contributed by atoms with van der Waals surface area (Å²) in [6, 6.07) is 9.65. The minimum atomic E-state index is 0.702. The molecule has 0 fully saturated rings. The van der Waals surface area contributed by atoms with E-state index in [1.54, 1.807) is 6.07 Å². The molecule has 13 heavy (non-hydrogen) atoms. The lowest BCUT2D eigenvalue weighted by Crippen LogP contribution is -1.76. The van der Waals surface area contributed by atoms with Crippen LogP contribution >= 0.6 is 12.6 Å². The molecule has 0 spiro atoms. The molecule has 0 N–H and O–H groups in total. The monoisotopic (exact) mass is 189 g/mol. The topological polar surface area (TPSA) is 23.8 Å². The second-order valence-corrected chi connectivity index (χ2v) is 3.10. The Kier molecular flexibility index (Phi) is 4.14. The zero-order valence-corrected chi connectivity index (χ0v) is 8.17. The van der Waals surface area contributed by atoms with Crippen LogP contribution in [0.15, 0.2) is 30.3 Å². The fourth-order valence-electron chi connectivity index (χ4n) is 1.01. The number of benzene rings is 1.